The van der Waals surface area contributed by atoms with Crippen LogP contribution in [0.4, 0.5) is 10.8 Å². The van der Waals surface area contributed by atoms with Crippen molar-refractivity contribution in [3.8, 4) is 16.3 Å². The van der Waals surface area contributed by atoms with E-state index in [1.54, 1.807) is 24.3 Å². The molecule has 0 spiro atoms. The van der Waals surface area contributed by atoms with E-state index >= 15 is 0 Å². The maximum Gasteiger partial charge on any atom is 0.246 e. The highest BCUT2D eigenvalue weighted by Crippen LogP contribution is 2.30. The van der Waals surface area contributed by atoms with Crippen LogP contribution < -0.4 is 14.4 Å². The molecule has 12 heteroatoms. The van der Waals surface area contributed by atoms with E-state index in [4.69, 9.17) is 27.9 Å². The number of anilines is 2. The number of halogens is 2. The van der Waals surface area contributed by atoms with Crippen molar-refractivity contribution in [2.75, 3.05) is 29.5 Å². The van der Waals surface area contributed by atoms with E-state index in [-0.39, 0.29) is 15.8 Å². The number of nitrogens with zero attached hydrogens (tertiary/aromatic N) is 3. The Hall–Kier alpha value is -2.40. The third kappa shape index (κ3) is 5.39. The molecule has 0 saturated heterocycles. The highest BCUT2D eigenvalue weighted by atomic mass is 35.5. The number of benzene rings is 2. The molecule has 0 radical (unpaired) electrons. The van der Waals surface area contributed by atoms with E-state index < -0.39 is 22.5 Å². The van der Waals surface area contributed by atoms with Gasteiger partial charge in [-0.05, 0) is 30.3 Å². The van der Waals surface area contributed by atoms with Gasteiger partial charge in [0, 0.05) is 10.6 Å². The zero-order chi connectivity index (χ0) is 21.9. The number of carbonyl (C=O) groups is 1. The van der Waals surface area contributed by atoms with Gasteiger partial charge in [-0.15, -0.1) is 10.2 Å². The van der Waals surface area contributed by atoms with Crippen LogP contribution in [0.2, 0.25) is 10.0 Å². The first-order valence-electron chi connectivity index (χ1n) is 8.38. The summed E-state index contributed by atoms with van der Waals surface area (Å²) in [6.07, 6.45) is 1.00. The number of ether oxygens (including phenoxy) is 1. The molecule has 1 N–H and O–H groups in total. The van der Waals surface area contributed by atoms with Gasteiger partial charge in [-0.2, -0.15) is 0 Å². The standard InChI is InChI=1S/C18H16Cl2N4O4S2/c1-28-15-8-7-13(9-14(15)20)24(30(2,26)27)10-16(25)21-18-23-22-17(29-18)11-3-5-12(19)6-4-11/h3-9H,10H2,1-2H3,(H,21,23,25). The number of carbonyl (C=O) groups excluding carboxylic acids is 1. The summed E-state index contributed by atoms with van der Waals surface area (Å²) < 4.78 is 30.5. The molecule has 0 aliphatic heterocycles. The number of hydrogen-bond acceptors (Lipinski definition) is 7. The third-order valence-corrected chi connectivity index (χ3v) is 6.45. The molecule has 1 amide bonds. The number of nitrogens with one attached hydrogen (secondary N) is 1. The fraction of sp³-hybridized carbons (Fsp3) is 0.167. The van der Waals surface area contributed by atoms with Crippen molar-refractivity contribution < 1.29 is 17.9 Å². The smallest absolute Gasteiger partial charge is 0.246 e. The fourth-order valence-corrected chi connectivity index (χ4v) is 4.47. The van der Waals surface area contributed by atoms with E-state index in [0.29, 0.717) is 15.8 Å². The van der Waals surface area contributed by atoms with Gasteiger partial charge < -0.3 is 4.74 Å². The first kappa shape index (κ1) is 22.3. The van der Waals surface area contributed by atoms with E-state index in [2.05, 4.69) is 15.5 Å². The molecule has 0 aliphatic carbocycles. The second-order valence-electron chi connectivity index (χ2n) is 6.06. The summed E-state index contributed by atoms with van der Waals surface area (Å²) in [7, 11) is -2.31. The Morgan fingerprint density at radius 2 is 1.87 bits per heavy atom. The van der Waals surface area contributed by atoms with Crippen LogP contribution >= 0.6 is 34.5 Å². The molecule has 3 rings (SSSR count). The Labute approximate surface area is 187 Å². The first-order valence-corrected chi connectivity index (χ1v) is 11.8. The molecule has 2 aromatic carbocycles. The molecule has 0 aliphatic rings. The zero-order valence-electron chi connectivity index (χ0n) is 15.8. The van der Waals surface area contributed by atoms with Gasteiger partial charge in [0.2, 0.25) is 21.1 Å². The van der Waals surface area contributed by atoms with Crippen LogP contribution in [-0.2, 0) is 14.8 Å². The lowest BCUT2D eigenvalue weighted by atomic mass is 10.2. The van der Waals surface area contributed by atoms with Crippen molar-refractivity contribution >= 4 is 61.3 Å². The van der Waals surface area contributed by atoms with Crippen molar-refractivity contribution in [3.63, 3.8) is 0 Å². The average molecular weight is 487 g/mol. The number of aromatic nitrogens is 2. The molecule has 0 unspecified atom stereocenters. The fourth-order valence-electron chi connectivity index (χ4n) is 2.48. The lowest BCUT2D eigenvalue weighted by molar-refractivity contribution is -0.114. The SMILES string of the molecule is COc1ccc(N(CC(=O)Nc2nnc(-c3ccc(Cl)cc3)s2)S(C)(=O)=O)cc1Cl. The minimum atomic E-state index is -3.76. The second kappa shape index (κ2) is 9.17. The minimum Gasteiger partial charge on any atom is -0.495 e. The predicted octanol–water partition coefficient (Wildman–Crippen LogP) is 3.93. The number of hydrogen-bond donors (Lipinski definition) is 1. The van der Waals surface area contributed by atoms with Crippen molar-refractivity contribution in [3.05, 3.63) is 52.5 Å². The minimum absolute atomic E-state index is 0.223. The molecule has 3 aromatic rings. The van der Waals surface area contributed by atoms with Gasteiger partial charge in [-0.25, -0.2) is 8.42 Å². The molecule has 1 heterocycles. The van der Waals surface area contributed by atoms with E-state index in [1.807, 2.05) is 0 Å². The van der Waals surface area contributed by atoms with Crippen LogP contribution in [0.3, 0.4) is 0 Å². The van der Waals surface area contributed by atoms with Gasteiger partial charge in [0.25, 0.3) is 0 Å². The summed E-state index contributed by atoms with van der Waals surface area (Å²) in [6.45, 7) is -0.461. The molecule has 1 aromatic heterocycles. The summed E-state index contributed by atoms with van der Waals surface area (Å²) in [6, 6.07) is 11.5. The van der Waals surface area contributed by atoms with E-state index in [9.17, 15) is 13.2 Å². The van der Waals surface area contributed by atoms with Crippen LogP contribution in [0, 0.1) is 0 Å². The normalized spacial score (nSPS) is 11.2. The molecule has 0 atom stereocenters. The summed E-state index contributed by atoms with van der Waals surface area (Å²) in [5.41, 5.74) is 1.03. The third-order valence-electron chi connectivity index (χ3n) is 3.87. The van der Waals surface area contributed by atoms with Gasteiger partial charge >= 0.3 is 0 Å². The van der Waals surface area contributed by atoms with Crippen LogP contribution in [0.15, 0.2) is 42.5 Å². The molecular formula is C18H16Cl2N4O4S2. The van der Waals surface area contributed by atoms with Crippen molar-refractivity contribution in [1.82, 2.24) is 10.2 Å². The molecule has 8 nitrogen and oxygen atoms in total. The molecule has 158 valence electrons. The van der Waals surface area contributed by atoms with Crippen molar-refractivity contribution in [1.29, 1.82) is 0 Å². The van der Waals surface area contributed by atoms with Gasteiger partial charge in [0.1, 0.15) is 17.3 Å². The van der Waals surface area contributed by atoms with Crippen molar-refractivity contribution in [2.45, 2.75) is 0 Å². The quantitative estimate of drug-likeness (QED) is 0.542. The van der Waals surface area contributed by atoms with Crippen LogP contribution in [-0.4, -0.2) is 44.4 Å². The van der Waals surface area contributed by atoms with Crippen LogP contribution in [0.25, 0.3) is 10.6 Å². The maximum absolute atomic E-state index is 12.5. The average Bonchev–Trinajstić information content (AvgIpc) is 3.14. The zero-order valence-corrected chi connectivity index (χ0v) is 18.9. The Morgan fingerprint density at radius 1 is 1.17 bits per heavy atom. The lowest BCUT2D eigenvalue weighted by Crippen LogP contribution is -2.37. The van der Waals surface area contributed by atoms with Gasteiger partial charge in [0.05, 0.1) is 24.1 Å². The van der Waals surface area contributed by atoms with Gasteiger partial charge in [-0.3, -0.25) is 14.4 Å². The summed E-state index contributed by atoms with van der Waals surface area (Å²) >= 11 is 13.1. The topological polar surface area (TPSA) is 101 Å². The number of amides is 1. The van der Waals surface area contributed by atoms with E-state index in [0.717, 1.165) is 27.5 Å². The lowest BCUT2D eigenvalue weighted by Gasteiger charge is -2.22. The Kier molecular flexibility index (Phi) is 6.81. The molecule has 0 fully saturated rings. The molecule has 0 bridgehead atoms. The maximum atomic E-state index is 12.5. The Morgan fingerprint density at radius 3 is 2.47 bits per heavy atom. The molecule has 0 saturated carbocycles. The monoisotopic (exact) mass is 486 g/mol. The van der Waals surface area contributed by atoms with Crippen LogP contribution in [0.5, 0.6) is 5.75 Å². The second-order valence-corrected chi connectivity index (χ2v) is 9.78. The summed E-state index contributed by atoms with van der Waals surface area (Å²) in [5.74, 6) is -0.187. The number of methoxy groups -OCH3 is 1. The summed E-state index contributed by atoms with van der Waals surface area (Å²) in [4.78, 5) is 12.5. The highest BCUT2D eigenvalue weighted by Gasteiger charge is 2.22. The predicted molar refractivity (Wildman–Crippen MR) is 119 cm³/mol. The first-order chi connectivity index (χ1) is 14.2. The van der Waals surface area contributed by atoms with Gasteiger partial charge in [-0.1, -0.05) is 46.7 Å². The van der Waals surface area contributed by atoms with Gasteiger partial charge in [0.15, 0.2) is 0 Å². The number of rotatable bonds is 7. The number of sulfonamides is 1. The van der Waals surface area contributed by atoms with E-state index in [1.165, 1.54) is 25.3 Å². The highest BCUT2D eigenvalue weighted by molar-refractivity contribution is 7.92. The molecular weight excluding hydrogens is 471 g/mol. The summed E-state index contributed by atoms with van der Waals surface area (Å²) in [5, 5.41) is 12.2. The van der Waals surface area contributed by atoms with Crippen molar-refractivity contribution in [2.24, 2.45) is 0 Å². The largest absolute Gasteiger partial charge is 0.495 e. The van der Waals surface area contributed by atoms with Crippen LogP contribution in [0.1, 0.15) is 0 Å². The Balaban J connectivity index is 1.76. The Bertz CT molecular complexity index is 1170. The molecule has 30 heavy (non-hydrogen) atoms.